The van der Waals surface area contributed by atoms with E-state index >= 15 is 0 Å². The topological polar surface area (TPSA) is 60.3 Å². The Bertz CT molecular complexity index is 660. The number of guanidine groups is 1. The van der Waals surface area contributed by atoms with Gasteiger partial charge in [0.15, 0.2) is 5.96 Å². The van der Waals surface area contributed by atoms with Crippen molar-refractivity contribution >= 4 is 47.2 Å². The summed E-state index contributed by atoms with van der Waals surface area (Å²) in [4.78, 5) is 9.41. The van der Waals surface area contributed by atoms with Crippen LogP contribution in [0.15, 0.2) is 23.2 Å². The first-order valence-electron chi connectivity index (χ1n) is 9.85. The third-order valence-corrected chi connectivity index (χ3v) is 5.61. The highest BCUT2D eigenvalue weighted by molar-refractivity contribution is 14.0. The lowest BCUT2D eigenvalue weighted by molar-refractivity contribution is -0.0566. The fourth-order valence-electron chi connectivity index (χ4n) is 3.64. The molecule has 0 aliphatic carbocycles. The van der Waals surface area contributed by atoms with E-state index in [1.807, 2.05) is 12.1 Å². The van der Waals surface area contributed by atoms with Crippen molar-refractivity contribution in [1.29, 1.82) is 0 Å². The van der Waals surface area contributed by atoms with Gasteiger partial charge in [-0.1, -0.05) is 17.7 Å². The number of hydrogen-bond donors (Lipinski definition) is 2. The van der Waals surface area contributed by atoms with E-state index in [0.717, 1.165) is 43.7 Å². The van der Waals surface area contributed by atoms with Crippen LogP contribution in [-0.2, 0) is 4.74 Å². The molecule has 2 N–H and O–H groups in total. The molecule has 0 amide bonds. The molecule has 2 heterocycles. The molecule has 1 aromatic carbocycles. The van der Waals surface area contributed by atoms with Gasteiger partial charge in [-0.3, -0.25) is 4.99 Å². The Hall–Kier alpha value is -0.770. The Labute approximate surface area is 190 Å². The number of piperazine rings is 1. The zero-order chi connectivity index (χ0) is 19.3. The van der Waals surface area contributed by atoms with Gasteiger partial charge in [0.05, 0.1) is 12.1 Å². The second kappa shape index (κ2) is 10.8. The normalized spacial score (nSPS) is 19.9. The minimum atomic E-state index is -0.737. The second-order valence-electron chi connectivity index (χ2n) is 7.41. The van der Waals surface area contributed by atoms with Crippen molar-refractivity contribution in [2.75, 3.05) is 57.4 Å². The van der Waals surface area contributed by atoms with Crippen LogP contribution in [0.3, 0.4) is 0 Å². The molecule has 158 valence electrons. The lowest BCUT2D eigenvalue weighted by Crippen LogP contribution is -2.53. The molecule has 6 nitrogen and oxygen atoms in total. The molecule has 0 bridgehead atoms. The molecule has 0 atom stereocenters. The number of anilines is 1. The quantitative estimate of drug-likeness (QED) is 0.362. The number of nitrogens with one attached hydrogen (secondary N) is 1. The summed E-state index contributed by atoms with van der Waals surface area (Å²) in [6.07, 6.45) is 1.30. The van der Waals surface area contributed by atoms with Crippen LogP contribution in [0.5, 0.6) is 0 Å². The highest BCUT2D eigenvalue weighted by Crippen LogP contribution is 2.25. The Kier molecular flexibility index (Phi) is 9.11. The third-order valence-electron chi connectivity index (χ3n) is 5.37. The SMILES string of the molecule is CCNC(=NCC1(O)CCOCC1)N1CCN(c2cc(Cl)ccc2C)CC1.I. The first-order valence-corrected chi connectivity index (χ1v) is 10.2. The van der Waals surface area contributed by atoms with Crippen LogP contribution >= 0.6 is 35.6 Å². The van der Waals surface area contributed by atoms with Crippen molar-refractivity contribution in [2.24, 2.45) is 4.99 Å². The molecular weight excluding hydrogens is 491 g/mol. The minimum absolute atomic E-state index is 0. The molecule has 2 aliphatic rings. The van der Waals surface area contributed by atoms with Crippen LogP contribution < -0.4 is 10.2 Å². The Morgan fingerprint density at radius 1 is 1.25 bits per heavy atom. The van der Waals surface area contributed by atoms with Crippen LogP contribution in [-0.4, -0.2) is 74.0 Å². The molecule has 8 heteroatoms. The molecule has 0 radical (unpaired) electrons. The summed E-state index contributed by atoms with van der Waals surface area (Å²) in [5.41, 5.74) is 1.72. The molecule has 0 aromatic heterocycles. The van der Waals surface area contributed by atoms with E-state index in [1.165, 1.54) is 11.3 Å². The highest BCUT2D eigenvalue weighted by Gasteiger charge is 2.30. The fourth-order valence-corrected chi connectivity index (χ4v) is 3.81. The molecule has 28 heavy (non-hydrogen) atoms. The standard InChI is InChI=1S/C20H31ClN4O2.HI/c1-3-22-19(23-15-20(26)6-12-27-13-7-20)25-10-8-24(9-11-25)18-14-17(21)5-4-16(18)2;/h4-5,14,26H,3,6-13,15H2,1-2H3,(H,22,23);1H. The van der Waals surface area contributed by atoms with Gasteiger partial charge in [0.1, 0.15) is 0 Å². The predicted octanol–water partition coefficient (Wildman–Crippen LogP) is 2.90. The number of aryl methyl sites for hydroxylation is 1. The number of benzene rings is 1. The first kappa shape index (κ1) is 23.5. The van der Waals surface area contributed by atoms with Crippen LogP contribution in [0.4, 0.5) is 5.69 Å². The number of ether oxygens (including phenoxy) is 1. The van der Waals surface area contributed by atoms with E-state index in [2.05, 4.69) is 35.0 Å². The highest BCUT2D eigenvalue weighted by atomic mass is 127. The van der Waals surface area contributed by atoms with Gasteiger partial charge in [-0.25, -0.2) is 0 Å². The maximum Gasteiger partial charge on any atom is 0.194 e. The monoisotopic (exact) mass is 522 g/mol. The number of nitrogens with zero attached hydrogens (tertiary/aromatic N) is 3. The van der Waals surface area contributed by atoms with E-state index in [-0.39, 0.29) is 24.0 Å². The van der Waals surface area contributed by atoms with Crippen LogP contribution in [0.1, 0.15) is 25.3 Å². The van der Waals surface area contributed by atoms with Crippen molar-refractivity contribution in [1.82, 2.24) is 10.2 Å². The van der Waals surface area contributed by atoms with Gasteiger partial charge in [-0.2, -0.15) is 0 Å². The largest absolute Gasteiger partial charge is 0.388 e. The zero-order valence-electron chi connectivity index (χ0n) is 16.8. The molecule has 2 fully saturated rings. The summed E-state index contributed by atoms with van der Waals surface area (Å²) in [5.74, 6) is 0.889. The van der Waals surface area contributed by atoms with Gasteiger partial charge in [0.25, 0.3) is 0 Å². The molecular formula is C20H32ClIN4O2. The Balaban J connectivity index is 0.00000280. The van der Waals surface area contributed by atoms with E-state index in [1.54, 1.807) is 0 Å². The fraction of sp³-hybridized carbons (Fsp3) is 0.650. The average molecular weight is 523 g/mol. The van der Waals surface area contributed by atoms with Gasteiger partial charge >= 0.3 is 0 Å². The molecule has 1 aromatic rings. The Morgan fingerprint density at radius 3 is 2.57 bits per heavy atom. The van der Waals surface area contributed by atoms with Crippen LogP contribution in [0.25, 0.3) is 0 Å². The molecule has 2 saturated heterocycles. The van der Waals surface area contributed by atoms with E-state index < -0.39 is 5.60 Å². The summed E-state index contributed by atoms with van der Waals surface area (Å²) < 4.78 is 5.36. The lowest BCUT2D eigenvalue weighted by atomic mass is 9.95. The number of aliphatic imine (C=N–C) groups is 1. The number of rotatable bonds is 4. The van der Waals surface area contributed by atoms with Gasteiger partial charge in [0, 0.05) is 69.5 Å². The number of aliphatic hydroxyl groups is 1. The average Bonchev–Trinajstić information content (AvgIpc) is 2.68. The molecule has 2 aliphatic heterocycles. The summed E-state index contributed by atoms with van der Waals surface area (Å²) in [5, 5.41) is 14.8. The van der Waals surface area contributed by atoms with Crippen molar-refractivity contribution < 1.29 is 9.84 Å². The molecule has 0 unspecified atom stereocenters. The van der Waals surface area contributed by atoms with Gasteiger partial charge in [0.2, 0.25) is 0 Å². The second-order valence-corrected chi connectivity index (χ2v) is 7.85. The van der Waals surface area contributed by atoms with Crippen LogP contribution in [0.2, 0.25) is 5.02 Å². The summed E-state index contributed by atoms with van der Waals surface area (Å²) >= 11 is 6.19. The predicted molar refractivity (Wildman–Crippen MR) is 126 cm³/mol. The zero-order valence-corrected chi connectivity index (χ0v) is 19.9. The maximum atomic E-state index is 10.7. The van der Waals surface area contributed by atoms with Crippen molar-refractivity contribution in [2.45, 2.75) is 32.3 Å². The van der Waals surface area contributed by atoms with Crippen molar-refractivity contribution in [3.63, 3.8) is 0 Å². The number of hydrogen-bond acceptors (Lipinski definition) is 4. The van der Waals surface area contributed by atoms with Crippen molar-refractivity contribution in [3.8, 4) is 0 Å². The van der Waals surface area contributed by atoms with E-state index in [9.17, 15) is 5.11 Å². The number of halogens is 2. The van der Waals surface area contributed by atoms with E-state index in [0.29, 0.717) is 32.6 Å². The molecule has 0 saturated carbocycles. The molecule has 3 rings (SSSR count). The van der Waals surface area contributed by atoms with Crippen molar-refractivity contribution in [3.05, 3.63) is 28.8 Å². The van der Waals surface area contributed by atoms with Gasteiger partial charge < -0.3 is 25.0 Å². The van der Waals surface area contributed by atoms with Crippen LogP contribution in [0, 0.1) is 6.92 Å². The maximum absolute atomic E-state index is 10.7. The summed E-state index contributed by atoms with van der Waals surface area (Å²) in [6.45, 7) is 10.3. The summed E-state index contributed by atoms with van der Waals surface area (Å²) in [7, 11) is 0. The minimum Gasteiger partial charge on any atom is -0.388 e. The summed E-state index contributed by atoms with van der Waals surface area (Å²) in [6, 6.07) is 6.06. The third kappa shape index (κ3) is 6.11. The van der Waals surface area contributed by atoms with Gasteiger partial charge in [-0.15, -0.1) is 24.0 Å². The molecule has 0 spiro atoms. The Morgan fingerprint density at radius 2 is 1.93 bits per heavy atom. The van der Waals surface area contributed by atoms with E-state index in [4.69, 9.17) is 21.3 Å². The smallest absolute Gasteiger partial charge is 0.194 e. The lowest BCUT2D eigenvalue weighted by Gasteiger charge is -2.39. The first-order chi connectivity index (χ1) is 13.0. The van der Waals surface area contributed by atoms with Gasteiger partial charge in [-0.05, 0) is 31.5 Å².